The lowest BCUT2D eigenvalue weighted by atomic mass is 9.82. The maximum Gasteiger partial charge on any atom is 0.160 e. The lowest BCUT2D eigenvalue weighted by molar-refractivity contribution is 0.662. The molecule has 0 amide bonds. The molecular weight excluding hydrogens is 717 g/mol. The molecule has 0 atom stereocenters. The van der Waals surface area contributed by atoms with Crippen molar-refractivity contribution in [2.45, 2.75) is 19.3 Å². The van der Waals surface area contributed by atoms with E-state index in [0.29, 0.717) is 5.82 Å². The van der Waals surface area contributed by atoms with Gasteiger partial charge in [-0.1, -0.05) is 129 Å². The van der Waals surface area contributed by atoms with Gasteiger partial charge in [0, 0.05) is 55.0 Å². The van der Waals surface area contributed by atoms with Crippen molar-refractivity contribution >= 4 is 43.6 Å². The molecule has 0 saturated heterocycles. The zero-order chi connectivity index (χ0) is 39.2. The Morgan fingerprint density at radius 2 is 0.814 bits per heavy atom. The van der Waals surface area contributed by atoms with Gasteiger partial charge in [-0.25, -0.2) is 9.97 Å². The van der Waals surface area contributed by atoms with Crippen LogP contribution in [0.3, 0.4) is 0 Å². The molecule has 0 aliphatic heterocycles. The van der Waals surface area contributed by atoms with Gasteiger partial charge in [-0.3, -0.25) is 0 Å². The number of benzene rings is 8. The second-order valence-corrected chi connectivity index (χ2v) is 16.2. The molecule has 278 valence electrons. The van der Waals surface area contributed by atoms with Gasteiger partial charge in [0.15, 0.2) is 5.82 Å². The fourth-order valence-corrected chi connectivity index (χ4v) is 9.64. The van der Waals surface area contributed by atoms with E-state index in [1.807, 2.05) is 12.1 Å². The Kier molecular flexibility index (Phi) is 7.24. The van der Waals surface area contributed by atoms with E-state index >= 15 is 0 Å². The third-order valence-electron chi connectivity index (χ3n) is 12.5. The smallest absolute Gasteiger partial charge is 0.160 e. The van der Waals surface area contributed by atoms with Crippen LogP contribution >= 0.6 is 0 Å². The molecule has 0 N–H and O–H groups in total. The first-order valence-electron chi connectivity index (χ1n) is 20.3. The first kappa shape index (κ1) is 33.6. The molecule has 4 heteroatoms. The molecule has 0 radical (unpaired) electrons. The lowest BCUT2D eigenvalue weighted by Gasteiger charge is -2.22. The minimum absolute atomic E-state index is 0.203. The summed E-state index contributed by atoms with van der Waals surface area (Å²) in [6.07, 6.45) is 0. The Morgan fingerprint density at radius 1 is 0.356 bits per heavy atom. The van der Waals surface area contributed by atoms with Gasteiger partial charge in [0.2, 0.25) is 0 Å². The monoisotopic (exact) mass is 754 g/mol. The minimum Gasteiger partial charge on any atom is -0.309 e. The Morgan fingerprint density at radius 3 is 1.41 bits per heavy atom. The average Bonchev–Trinajstić information content (AvgIpc) is 3.88. The summed E-state index contributed by atoms with van der Waals surface area (Å²) in [5.41, 5.74) is 17.2. The Labute approximate surface area is 342 Å². The lowest BCUT2D eigenvalue weighted by Crippen LogP contribution is -2.15. The fourth-order valence-electron chi connectivity index (χ4n) is 9.64. The SMILES string of the molecule is CC1(C)c2cc3c4ccccc4n(-c4ccccc4)c3cc2-c2cc3c4ccccc4n(-c4ccc(-c5nc(-c6ccccc6)cc(-c6ccccc6)n5)cc4)c3cc21. The van der Waals surface area contributed by atoms with Crippen LogP contribution in [0.15, 0.2) is 194 Å². The quantitative estimate of drug-likeness (QED) is 0.175. The number of hydrogen-bond donors (Lipinski definition) is 0. The molecule has 0 bridgehead atoms. The summed E-state index contributed by atoms with van der Waals surface area (Å²) in [5, 5.41) is 5.06. The van der Waals surface area contributed by atoms with Crippen LogP contribution in [-0.4, -0.2) is 19.1 Å². The highest BCUT2D eigenvalue weighted by atomic mass is 15.0. The summed E-state index contributed by atoms with van der Waals surface area (Å²) < 4.78 is 4.85. The third-order valence-corrected chi connectivity index (χ3v) is 12.5. The highest BCUT2D eigenvalue weighted by Gasteiger charge is 2.37. The van der Waals surface area contributed by atoms with Crippen LogP contribution in [0.2, 0.25) is 0 Å². The first-order valence-corrected chi connectivity index (χ1v) is 20.3. The molecule has 59 heavy (non-hydrogen) atoms. The molecule has 0 saturated carbocycles. The van der Waals surface area contributed by atoms with Crippen LogP contribution in [0.25, 0.3) is 100 Å². The first-order chi connectivity index (χ1) is 29.0. The molecule has 0 unspecified atom stereocenters. The molecule has 0 spiro atoms. The minimum atomic E-state index is -0.203. The highest BCUT2D eigenvalue weighted by molar-refractivity contribution is 6.14. The predicted octanol–water partition coefficient (Wildman–Crippen LogP) is 14.0. The zero-order valence-electron chi connectivity index (χ0n) is 32.8. The Bertz CT molecular complexity index is 3370. The van der Waals surface area contributed by atoms with Crippen LogP contribution in [0.5, 0.6) is 0 Å². The van der Waals surface area contributed by atoms with E-state index in [9.17, 15) is 0 Å². The van der Waals surface area contributed by atoms with E-state index in [4.69, 9.17) is 9.97 Å². The van der Waals surface area contributed by atoms with Gasteiger partial charge in [0.25, 0.3) is 0 Å². The van der Waals surface area contributed by atoms with E-state index in [2.05, 4.69) is 205 Å². The van der Waals surface area contributed by atoms with Crippen molar-refractivity contribution in [3.63, 3.8) is 0 Å². The van der Waals surface area contributed by atoms with Crippen molar-refractivity contribution in [2.75, 3.05) is 0 Å². The molecule has 4 nitrogen and oxygen atoms in total. The third kappa shape index (κ3) is 5.09. The maximum atomic E-state index is 5.10. The summed E-state index contributed by atoms with van der Waals surface area (Å²) in [6, 6.07) is 69.8. The molecule has 11 aromatic rings. The van der Waals surface area contributed by atoms with Gasteiger partial charge in [-0.15, -0.1) is 0 Å². The van der Waals surface area contributed by atoms with E-state index < -0.39 is 0 Å². The number of rotatable bonds is 5. The van der Waals surface area contributed by atoms with E-state index in [1.165, 1.54) is 71.6 Å². The van der Waals surface area contributed by atoms with Gasteiger partial charge in [-0.2, -0.15) is 0 Å². The van der Waals surface area contributed by atoms with Gasteiger partial charge < -0.3 is 9.13 Å². The summed E-state index contributed by atoms with van der Waals surface area (Å²) in [5.74, 6) is 0.705. The van der Waals surface area contributed by atoms with Crippen molar-refractivity contribution in [1.29, 1.82) is 0 Å². The van der Waals surface area contributed by atoms with Crippen LogP contribution in [0.1, 0.15) is 25.0 Å². The van der Waals surface area contributed by atoms with Crippen molar-refractivity contribution in [2.24, 2.45) is 0 Å². The largest absolute Gasteiger partial charge is 0.309 e. The topological polar surface area (TPSA) is 35.6 Å². The normalized spacial score (nSPS) is 13.1. The van der Waals surface area contributed by atoms with E-state index in [0.717, 1.165) is 33.8 Å². The number of hydrogen-bond acceptors (Lipinski definition) is 2. The highest BCUT2D eigenvalue weighted by Crippen LogP contribution is 2.53. The Balaban J connectivity index is 1.02. The van der Waals surface area contributed by atoms with Crippen molar-refractivity contribution in [3.8, 4) is 56.4 Å². The van der Waals surface area contributed by atoms with Crippen molar-refractivity contribution in [1.82, 2.24) is 19.1 Å². The van der Waals surface area contributed by atoms with Crippen LogP contribution in [-0.2, 0) is 5.41 Å². The molecule has 0 fully saturated rings. The molecule has 12 rings (SSSR count). The summed E-state index contributed by atoms with van der Waals surface area (Å²) in [6.45, 7) is 4.78. The molecule has 1 aliphatic carbocycles. The molecular formula is C55H38N4. The standard InChI is InChI=1S/C55H38N4/c1-55(2)46-31-45-41-23-13-15-25-51(41)58(38-20-10-5-11-21-38)52(45)32-43(46)42-30-44-40-22-12-14-24-50(40)59(53(44)33-47(42)55)39-28-26-37(27-29-39)54-56-48(35-16-6-3-7-17-35)34-49(57-54)36-18-8-4-9-19-36/h3-34H,1-2H3. The number of fused-ring (bicyclic) bond motifs is 9. The van der Waals surface area contributed by atoms with Gasteiger partial charge in [-0.05, 0) is 101 Å². The van der Waals surface area contributed by atoms with Gasteiger partial charge >= 0.3 is 0 Å². The molecule has 1 aliphatic rings. The summed E-state index contributed by atoms with van der Waals surface area (Å²) >= 11 is 0. The second kappa shape index (κ2) is 12.7. The zero-order valence-corrected chi connectivity index (χ0v) is 32.8. The summed E-state index contributed by atoms with van der Waals surface area (Å²) in [4.78, 5) is 10.2. The number of aromatic nitrogens is 4. The van der Waals surface area contributed by atoms with Crippen LogP contribution in [0.4, 0.5) is 0 Å². The van der Waals surface area contributed by atoms with E-state index in [1.54, 1.807) is 0 Å². The maximum absolute atomic E-state index is 5.10. The fraction of sp³-hybridized carbons (Fsp3) is 0.0545. The molecule has 3 heterocycles. The average molecular weight is 755 g/mol. The van der Waals surface area contributed by atoms with Crippen molar-refractivity contribution < 1.29 is 0 Å². The molecule has 8 aromatic carbocycles. The Hall–Kier alpha value is -7.56. The molecule has 3 aromatic heterocycles. The summed E-state index contributed by atoms with van der Waals surface area (Å²) in [7, 11) is 0. The number of para-hydroxylation sites is 3. The second-order valence-electron chi connectivity index (χ2n) is 16.2. The van der Waals surface area contributed by atoms with Crippen LogP contribution < -0.4 is 0 Å². The number of nitrogens with zero attached hydrogens (tertiary/aromatic N) is 4. The van der Waals surface area contributed by atoms with E-state index in [-0.39, 0.29) is 5.41 Å². The van der Waals surface area contributed by atoms with Crippen molar-refractivity contribution in [3.05, 3.63) is 205 Å². The van der Waals surface area contributed by atoms with Crippen LogP contribution in [0, 0.1) is 0 Å². The van der Waals surface area contributed by atoms with Gasteiger partial charge in [0.1, 0.15) is 0 Å². The predicted molar refractivity (Wildman–Crippen MR) is 245 cm³/mol. The van der Waals surface area contributed by atoms with Gasteiger partial charge in [0.05, 0.1) is 33.5 Å².